The number of allylic oxidation sites excluding steroid dienone is 2. The van der Waals surface area contributed by atoms with Crippen LogP contribution in [-0.4, -0.2) is 21.6 Å². The van der Waals surface area contributed by atoms with Crippen LogP contribution in [0.15, 0.2) is 106 Å². The third kappa shape index (κ3) is 7.87. The number of benzene rings is 4. The molecular weight excluding hydrogens is 879 g/mol. The van der Waals surface area contributed by atoms with Gasteiger partial charge in [0.15, 0.2) is 0 Å². The summed E-state index contributed by atoms with van der Waals surface area (Å²) in [5.41, 5.74) is 18.7. The Hall–Kier alpha value is -2.97. The molecule has 0 bridgehead atoms. The third-order valence-electron chi connectivity index (χ3n) is 12.3. The molecule has 2 heterocycles. The van der Waals surface area contributed by atoms with Gasteiger partial charge < -0.3 is 24.8 Å². The number of hydrogen-bond donors (Lipinski definition) is 0. The summed E-state index contributed by atoms with van der Waals surface area (Å²) in [4.78, 5) is 0. The van der Waals surface area contributed by atoms with Crippen LogP contribution in [0.2, 0.25) is 52.4 Å². The Balaban J connectivity index is 0.00000283. The summed E-state index contributed by atoms with van der Waals surface area (Å²) >= 11 is -2.73. The van der Waals surface area contributed by atoms with Crippen LogP contribution in [0.3, 0.4) is 0 Å². The Morgan fingerprint density at radius 2 is 0.879 bits per heavy atom. The van der Waals surface area contributed by atoms with E-state index in [1.807, 2.05) is 0 Å². The summed E-state index contributed by atoms with van der Waals surface area (Å²) in [5, 5.41) is 2.37. The second-order valence-corrected chi connectivity index (χ2v) is 46.3. The first-order valence-corrected chi connectivity index (χ1v) is 36.3. The summed E-state index contributed by atoms with van der Waals surface area (Å²) in [7, 11) is -3.35. The van der Waals surface area contributed by atoms with Crippen molar-refractivity contribution < 1.29 is 54.0 Å². The topological polar surface area (TPSA) is 26.3 Å². The van der Waals surface area contributed by atoms with Crippen molar-refractivity contribution in [3.05, 3.63) is 153 Å². The SMILES string of the molecule is Cc1cc2c(c(-c3ccccc3)c1C)C=C(c1ccc([Si](C)(C)C)o1)[CH]2[Zr+2]([CH]1C(c2ccc([Si](C)(C)C)o2)=Cc2c1cc(C)c(C)c2-c1ccccc1)=[Si](C)C.[Cl-].[Cl-]. The first-order chi connectivity index (χ1) is 26.5. The van der Waals surface area contributed by atoms with E-state index in [1.54, 1.807) is 0 Å². The fourth-order valence-corrected chi connectivity index (χ4v) is 30.9. The maximum absolute atomic E-state index is 7.03. The van der Waals surface area contributed by atoms with Crippen LogP contribution in [0, 0.1) is 27.7 Å². The number of fused-ring (bicyclic) bond motifs is 2. The van der Waals surface area contributed by atoms with Gasteiger partial charge in [-0.3, -0.25) is 0 Å². The minimum Gasteiger partial charge on any atom is -1.00 e. The van der Waals surface area contributed by atoms with Gasteiger partial charge >= 0.3 is 348 Å². The number of hydrogen-bond acceptors (Lipinski definition) is 2. The van der Waals surface area contributed by atoms with Crippen molar-refractivity contribution in [3.63, 3.8) is 0 Å². The molecule has 8 heteroatoms. The molecule has 2 atom stereocenters. The van der Waals surface area contributed by atoms with Crippen LogP contribution in [0.5, 0.6) is 0 Å². The number of furan rings is 2. The van der Waals surface area contributed by atoms with E-state index < -0.39 is 41.9 Å². The first-order valence-electron chi connectivity index (χ1n) is 20.3. The predicted octanol–water partition coefficient (Wildman–Crippen LogP) is 7.30. The smallest absolute Gasteiger partial charge is 1.00 e. The molecule has 2 aromatic heterocycles. The summed E-state index contributed by atoms with van der Waals surface area (Å²) in [6, 6.07) is 36.6. The van der Waals surface area contributed by atoms with Crippen molar-refractivity contribution in [2.24, 2.45) is 0 Å². The Kier molecular flexibility index (Phi) is 12.9. The molecule has 0 spiro atoms. The van der Waals surface area contributed by atoms with E-state index in [4.69, 9.17) is 8.83 Å². The molecule has 0 saturated carbocycles. The molecule has 0 amide bonds. The van der Waals surface area contributed by atoms with Gasteiger partial charge in [-0.25, -0.2) is 0 Å². The van der Waals surface area contributed by atoms with Gasteiger partial charge in [0.05, 0.1) is 0 Å². The van der Waals surface area contributed by atoms with Gasteiger partial charge in [0.2, 0.25) is 0 Å². The molecule has 0 saturated heterocycles. The van der Waals surface area contributed by atoms with Gasteiger partial charge in [-0.05, 0) is 0 Å². The number of rotatable bonds is 8. The van der Waals surface area contributed by atoms with E-state index in [2.05, 4.69) is 189 Å². The van der Waals surface area contributed by atoms with Crippen LogP contribution in [0.4, 0.5) is 0 Å². The molecule has 0 aliphatic heterocycles. The average molecular weight is 935 g/mol. The first kappa shape index (κ1) is 44.6. The molecule has 6 aromatic rings. The van der Waals surface area contributed by atoms with Crippen molar-refractivity contribution in [2.75, 3.05) is 0 Å². The normalized spacial score (nSPS) is 15.7. The van der Waals surface area contributed by atoms with E-state index in [1.165, 1.54) is 88.7 Å². The molecule has 0 radical (unpaired) electrons. The van der Waals surface area contributed by atoms with Crippen molar-refractivity contribution in [3.8, 4) is 22.3 Å². The van der Waals surface area contributed by atoms with Crippen molar-refractivity contribution in [2.45, 2.75) is 87.3 Å². The summed E-state index contributed by atoms with van der Waals surface area (Å²) in [5.74, 6) is 2.15. The molecule has 2 nitrogen and oxygen atoms in total. The Bertz CT molecular complexity index is 2440. The van der Waals surface area contributed by atoms with Gasteiger partial charge in [-0.2, -0.15) is 0 Å². The third-order valence-corrected chi connectivity index (χ3v) is 35.0. The van der Waals surface area contributed by atoms with Gasteiger partial charge in [-0.1, -0.05) is 0 Å². The van der Waals surface area contributed by atoms with Crippen molar-refractivity contribution in [1.82, 2.24) is 0 Å². The fraction of sp³-hybridized carbons (Fsp3) is 0.280. The van der Waals surface area contributed by atoms with Gasteiger partial charge in [0.25, 0.3) is 0 Å². The molecule has 4 aromatic carbocycles. The molecular formula is C50H56Cl2O2Si3Zr. The molecule has 298 valence electrons. The van der Waals surface area contributed by atoms with E-state index in [0.717, 1.165) is 11.5 Å². The standard InChI is InChI=1S/2C24H25OSi.C2H6Si.2ClH.Zr/c2*1-16-13-19-14-20(22-11-12-23(25-22)26(3,4)5)15-21(19)24(17(16)2)18-9-7-6-8-10-18;1-3-2;;;/h2*6-15H,1-5H3;1-2H3;2*1H;/q;;;;;+2/p-2. The Labute approximate surface area is 369 Å². The summed E-state index contributed by atoms with van der Waals surface area (Å²) in [6.07, 6.45) is 5.14. The zero-order valence-corrected chi connectivity index (χ0v) is 43.1. The minimum absolute atomic E-state index is 0. The molecule has 2 aliphatic rings. The van der Waals surface area contributed by atoms with Crippen LogP contribution in [-0.2, 0) is 20.4 Å². The maximum Gasteiger partial charge on any atom is -1.00 e. The monoisotopic (exact) mass is 932 g/mol. The largest absolute Gasteiger partial charge is 1.00 e. The van der Waals surface area contributed by atoms with Gasteiger partial charge in [0, 0.05) is 0 Å². The second-order valence-electron chi connectivity index (χ2n) is 18.5. The zero-order valence-electron chi connectivity index (χ0n) is 36.1. The number of halogens is 2. The van der Waals surface area contributed by atoms with Gasteiger partial charge in [-0.15, -0.1) is 0 Å². The molecule has 2 aliphatic carbocycles. The van der Waals surface area contributed by atoms with E-state index in [0.29, 0.717) is 7.25 Å². The molecule has 2 unspecified atom stereocenters. The van der Waals surface area contributed by atoms with Crippen LogP contribution >= 0.6 is 0 Å². The van der Waals surface area contributed by atoms with E-state index in [9.17, 15) is 0 Å². The molecule has 0 fully saturated rings. The summed E-state index contributed by atoms with van der Waals surface area (Å²) < 4.78 is 14.7. The van der Waals surface area contributed by atoms with Crippen molar-refractivity contribution >= 4 is 55.6 Å². The predicted molar refractivity (Wildman–Crippen MR) is 245 cm³/mol. The molecule has 8 rings (SSSR count). The van der Waals surface area contributed by atoms with Crippen LogP contribution < -0.4 is 35.6 Å². The van der Waals surface area contributed by atoms with Crippen LogP contribution in [0.1, 0.15) is 63.3 Å². The fourth-order valence-electron chi connectivity index (χ4n) is 9.11. The Morgan fingerprint density at radius 3 is 1.19 bits per heavy atom. The number of aryl methyl sites for hydroxylation is 2. The van der Waals surface area contributed by atoms with E-state index >= 15 is 0 Å². The van der Waals surface area contributed by atoms with Gasteiger partial charge in [0.1, 0.15) is 0 Å². The van der Waals surface area contributed by atoms with E-state index in [-0.39, 0.29) is 24.8 Å². The zero-order chi connectivity index (χ0) is 39.8. The summed E-state index contributed by atoms with van der Waals surface area (Å²) in [6.45, 7) is 28.9. The maximum atomic E-state index is 7.03. The molecule has 0 N–H and O–H groups in total. The second kappa shape index (κ2) is 16.8. The quantitative estimate of drug-likeness (QED) is 0.150. The Morgan fingerprint density at radius 1 is 0.517 bits per heavy atom. The van der Waals surface area contributed by atoms with Crippen LogP contribution in [0.25, 0.3) is 45.6 Å². The minimum atomic E-state index is -2.73. The van der Waals surface area contributed by atoms with Crippen molar-refractivity contribution in [1.29, 1.82) is 0 Å². The average Bonchev–Trinajstić information content (AvgIpc) is 3.96. The molecule has 58 heavy (non-hydrogen) atoms.